The summed E-state index contributed by atoms with van der Waals surface area (Å²) in [7, 11) is -1.49. The first-order valence-corrected chi connectivity index (χ1v) is 25.5. The molecule has 0 saturated carbocycles. The van der Waals surface area contributed by atoms with Crippen LogP contribution < -0.4 is 31.2 Å². The van der Waals surface area contributed by atoms with Gasteiger partial charge in [-0.05, 0) is 103 Å². The van der Waals surface area contributed by atoms with Crippen LogP contribution in [0.5, 0.6) is 11.5 Å². The molecule has 1 heterocycles. The molecule has 1 aliphatic heterocycles. The molecule has 0 atom stereocenters. The molecule has 0 spiro atoms. The molecule has 0 N–H and O–H groups in total. The molecular formula is C60H48BNOSi. The summed E-state index contributed by atoms with van der Waals surface area (Å²) >= 11 is 0. The molecule has 306 valence electrons. The smallest absolute Gasteiger partial charge is 0.242 e. The molecule has 0 radical (unpaired) electrons. The minimum Gasteiger partial charge on any atom is -0.456 e. The highest BCUT2D eigenvalue weighted by Crippen LogP contribution is 2.51. The van der Waals surface area contributed by atoms with Gasteiger partial charge in [0.2, 0.25) is 6.71 Å². The van der Waals surface area contributed by atoms with Gasteiger partial charge in [-0.25, -0.2) is 0 Å². The van der Waals surface area contributed by atoms with E-state index in [0.717, 1.165) is 39.5 Å². The molecule has 0 bridgehead atoms. The Morgan fingerprint density at radius 3 is 1.80 bits per heavy atom. The first kappa shape index (κ1) is 39.4. The van der Waals surface area contributed by atoms with Gasteiger partial charge < -0.3 is 9.64 Å². The van der Waals surface area contributed by atoms with Crippen molar-refractivity contribution in [2.24, 2.45) is 0 Å². The van der Waals surface area contributed by atoms with Crippen LogP contribution in [0.15, 0.2) is 212 Å². The van der Waals surface area contributed by atoms with E-state index in [4.69, 9.17) is 4.74 Å². The molecule has 0 unspecified atom stereocenters. The lowest BCUT2D eigenvalue weighted by atomic mass is 9.35. The summed E-state index contributed by atoms with van der Waals surface area (Å²) in [5.74, 6) is 1.74. The monoisotopic (exact) mass is 837 g/mol. The number of benzene rings is 11. The summed E-state index contributed by atoms with van der Waals surface area (Å²) in [6.45, 7) is 7.23. The van der Waals surface area contributed by atoms with E-state index in [1.807, 2.05) is 0 Å². The Morgan fingerprint density at radius 2 is 1.00 bits per heavy atom. The number of hydrogen-bond donors (Lipinski definition) is 0. The molecular weight excluding hydrogens is 790 g/mol. The van der Waals surface area contributed by atoms with Gasteiger partial charge in [0.15, 0.2) is 0 Å². The topological polar surface area (TPSA) is 12.5 Å². The van der Waals surface area contributed by atoms with Crippen LogP contribution >= 0.6 is 0 Å². The third kappa shape index (κ3) is 6.48. The van der Waals surface area contributed by atoms with Gasteiger partial charge in [0.25, 0.3) is 0 Å². The van der Waals surface area contributed by atoms with Crippen LogP contribution in [0.1, 0.15) is 7.43 Å². The van der Waals surface area contributed by atoms with Crippen molar-refractivity contribution in [3.8, 4) is 22.6 Å². The van der Waals surface area contributed by atoms with Gasteiger partial charge in [0, 0.05) is 34.1 Å². The van der Waals surface area contributed by atoms with Crippen molar-refractivity contribution < 1.29 is 4.74 Å². The maximum Gasteiger partial charge on any atom is 0.242 e. The minimum atomic E-state index is -1.49. The Balaban J connectivity index is 0.00000456. The Labute approximate surface area is 377 Å². The predicted octanol–water partition coefficient (Wildman–Crippen LogP) is 14.4. The summed E-state index contributed by atoms with van der Waals surface area (Å²) in [6, 6.07) is 78.4. The third-order valence-corrected chi connectivity index (χ3v) is 15.4. The van der Waals surface area contributed by atoms with Crippen LogP contribution in [0.2, 0.25) is 19.6 Å². The van der Waals surface area contributed by atoms with Gasteiger partial charge >= 0.3 is 0 Å². The summed E-state index contributed by atoms with van der Waals surface area (Å²) in [5.41, 5.74) is 9.47. The lowest BCUT2D eigenvalue weighted by Crippen LogP contribution is -2.52. The second kappa shape index (κ2) is 15.4. The summed E-state index contributed by atoms with van der Waals surface area (Å²) in [4.78, 5) is 2.37. The van der Waals surface area contributed by atoms with Gasteiger partial charge in [0.05, 0.1) is 8.07 Å². The SMILES string of the molecule is C.C[Si](C)(C)c1ccc(N(c2ccc3c(c2)Oc2cccc4c2c-3cc2c3ccccc3c(B(c3ccccc3)c3cccc5ccccc35)cc42)c2ccc3ccccc3c2)cc1. The molecule has 1 aliphatic rings. The maximum absolute atomic E-state index is 7.03. The van der Waals surface area contributed by atoms with E-state index in [2.05, 4.69) is 237 Å². The van der Waals surface area contributed by atoms with Gasteiger partial charge in [0.1, 0.15) is 11.5 Å². The average Bonchev–Trinajstić information content (AvgIpc) is 3.32. The Morgan fingerprint density at radius 1 is 0.391 bits per heavy atom. The van der Waals surface area contributed by atoms with Crippen molar-refractivity contribution in [2.45, 2.75) is 27.1 Å². The van der Waals surface area contributed by atoms with Crippen molar-refractivity contribution in [1.29, 1.82) is 0 Å². The molecule has 11 aromatic rings. The van der Waals surface area contributed by atoms with E-state index in [9.17, 15) is 0 Å². The Bertz CT molecular complexity index is 3590. The molecule has 0 aliphatic carbocycles. The van der Waals surface area contributed by atoms with E-state index < -0.39 is 8.07 Å². The highest BCUT2D eigenvalue weighted by atomic mass is 28.3. The number of fused-ring (bicyclic) bond motifs is 8. The minimum absolute atomic E-state index is 0. The quantitative estimate of drug-likeness (QED) is 0.117. The first-order chi connectivity index (χ1) is 30.9. The third-order valence-electron chi connectivity index (χ3n) is 13.3. The Kier molecular flexibility index (Phi) is 9.52. The second-order valence-corrected chi connectivity index (χ2v) is 23.1. The molecule has 12 rings (SSSR count). The second-order valence-electron chi connectivity index (χ2n) is 18.1. The van der Waals surface area contributed by atoms with E-state index in [0.29, 0.717) is 0 Å². The normalized spacial score (nSPS) is 12.0. The fraction of sp³-hybridized carbons (Fsp3) is 0.0667. The lowest BCUT2D eigenvalue weighted by molar-refractivity contribution is 0.487. The average molecular weight is 838 g/mol. The number of hydrogen-bond acceptors (Lipinski definition) is 2. The summed E-state index contributed by atoms with van der Waals surface area (Å²) in [6.07, 6.45) is 0. The van der Waals surface area contributed by atoms with Crippen molar-refractivity contribution >= 4 is 107 Å². The van der Waals surface area contributed by atoms with Gasteiger partial charge in [-0.2, -0.15) is 0 Å². The molecule has 0 aromatic heterocycles. The van der Waals surface area contributed by atoms with Crippen LogP contribution in [-0.4, -0.2) is 14.8 Å². The van der Waals surface area contributed by atoms with Crippen LogP contribution in [0, 0.1) is 0 Å². The fourth-order valence-electron chi connectivity index (χ4n) is 10.2. The van der Waals surface area contributed by atoms with Gasteiger partial charge in [-0.15, -0.1) is 0 Å². The lowest BCUT2D eigenvalue weighted by Gasteiger charge is -2.29. The van der Waals surface area contributed by atoms with Crippen molar-refractivity contribution in [3.05, 3.63) is 212 Å². The van der Waals surface area contributed by atoms with Crippen LogP contribution in [0.4, 0.5) is 17.1 Å². The van der Waals surface area contributed by atoms with E-state index in [-0.39, 0.29) is 14.1 Å². The maximum atomic E-state index is 7.03. The van der Waals surface area contributed by atoms with Gasteiger partial charge in [-0.3, -0.25) is 0 Å². The first-order valence-electron chi connectivity index (χ1n) is 22.0. The molecule has 0 fully saturated rings. The Hall–Kier alpha value is -7.40. The van der Waals surface area contributed by atoms with Gasteiger partial charge in [-0.1, -0.05) is 206 Å². The fourth-order valence-corrected chi connectivity index (χ4v) is 11.4. The van der Waals surface area contributed by atoms with E-state index in [1.165, 1.54) is 75.6 Å². The number of rotatable bonds is 7. The summed E-state index contributed by atoms with van der Waals surface area (Å²) < 4.78 is 7.03. The predicted molar refractivity (Wildman–Crippen MR) is 281 cm³/mol. The molecule has 2 nitrogen and oxygen atoms in total. The van der Waals surface area contributed by atoms with E-state index in [1.54, 1.807) is 0 Å². The van der Waals surface area contributed by atoms with E-state index >= 15 is 0 Å². The zero-order valence-corrected chi connectivity index (χ0v) is 36.6. The van der Waals surface area contributed by atoms with Crippen molar-refractivity contribution in [1.82, 2.24) is 0 Å². The highest BCUT2D eigenvalue weighted by molar-refractivity contribution is 6.98. The zero-order valence-electron chi connectivity index (χ0n) is 35.6. The van der Waals surface area contributed by atoms with Crippen LogP contribution in [0.25, 0.3) is 65.0 Å². The number of ether oxygens (including phenoxy) is 1. The molecule has 0 saturated heterocycles. The van der Waals surface area contributed by atoms with Crippen molar-refractivity contribution in [2.75, 3.05) is 4.90 Å². The number of anilines is 3. The molecule has 0 amide bonds. The standard InChI is InChI=1S/C59H44BNOSi.CH4/c1-63(2,3)46-32-29-43(30-33-46)61(44-28-27-39-15-7-8-17-41(39)35-44)45-31-34-50-54-37-52-48-22-11-12-23-49(48)56(38-53(52)51-24-14-26-57(59(51)54)62-58(50)36-45)60(42-19-5-4-6-20-42)55-25-13-18-40-16-9-10-21-47(40)55;/h4-38H,1-3H3;1H4. The van der Waals surface area contributed by atoms with Crippen molar-refractivity contribution in [3.63, 3.8) is 0 Å². The molecule has 11 aromatic carbocycles. The highest BCUT2D eigenvalue weighted by Gasteiger charge is 2.29. The summed E-state index contributed by atoms with van der Waals surface area (Å²) in [5, 5.41) is 13.8. The zero-order chi connectivity index (χ0) is 42.2. The molecule has 4 heteroatoms. The number of nitrogens with zero attached hydrogens (tertiary/aromatic N) is 1. The van der Waals surface area contributed by atoms with Crippen LogP contribution in [-0.2, 0) is 0 Å². The molecule has 64 heavy (non-hydrogen) atoms. The van der Waals surface area contributed by atoms with Crippen LogP contribution in [0.3, 0.4) is 0 Å². The largest absolute Gasteiger partial charge is 0.456 e.